The van der Waals surface area contributed by atoms with Crippen LogP contribution in [0.4, 0.5) is 17.1 Å². The van der Waals surface area contributed by atoms with E-state index in [0.29, 0.717) is 22.1 Å². The van der Waals surface area contributed by atoms with Gasteiger partial charge in [-0.25, -0.2) is 8.42 Å². The van der Waals surface area contributed by atoms with Crippen molar-refractivity contribution < 1.29 is 22.8 Å². The molecule has 0 unspecified atom stereocenters. The number of nitrogens with zero attached hydrogens (tertiary/aromatic N) is 2. The first-order chi connectivity index (χ1) is 15.7. The van der Waals surface area contributed by atoms with E-state index < -0.39 is 20.6 Å². The zero-order valence-electron chi connectivity index (χ0n) is 17.5. The molecule has 0 aliphatic rings. The van der Waals surface area contributed by atoms with E-state index in [4.69, 9.17) is 21.1 Å². The summed E-state index contributed by atoms with van der Waals surface area (Å²) >= 11 is 5.87. The molecular weight excluding hydrogens is 472 g/mol. The van der Waals surface area contributed by atoms with Gasteiger partial charge in [0.25, 0.3) is 15.7 Å². The molecule has 0 spiro atoms. The van der Waals surface area contributed by atoms with Crippen molar-refractivity contribution in [3.63, 3.8) is 0 Å². The van der Waals surface area contributed by atoms with Gasteiger partial charge in [-0.1, -0.05) is 17.7 Å². The summed E-state index contributed by atoms with van der Waals surface area (Å²) in [6, 6.07) is 14.6. The fourth-order valence-corrected chi connectivity index (χ4v) is 4.06. The molecule has 0 fully saturated rings. The predicted octanol–water partition coefficient (Wildman–Crippen LogP) is 4.51. The summed E-state index contributed by atoms with van der Waals surface area (Å²) in [6.45, 7) is 0. The SMILES string of the molecule is COc1ccc(/C=N/Nc2ccc(S(=O)(=O)Nc3cccc(Cl)c3)cc2[N+](=O)[O-])cc1OC. The van der Waals surface area contributed by atoms with Gasteiger partial charge < -0.3 is 9.47 Å². The van der Waals surface area contributed by atoms with Crippen LogP contribution in [0.25, 0.3) is 0 Å². The molecule has 0 atom stereocenters. The van der Waals surface area contributed by atoms with Crippen molar-refractivity contribution in [3.05, 3.63) is 81.4 Å². The summed E-state index contributed by atoms with van der Waals surface area (Å²) in [6.07, 6.45) is 1.43. The van der Waals surface area contributed by atoms with Crippen molar-refractivity contribution >= 4 is 44.9 Å². The van der Waals surface area contributed by atoms with E-state index in [2.05, 4.69) is 15.2 Å². The number of ether oxygens (including phenoxy) is 2. The van der Waals surface area contributed by atoms with Gasteiger partial charge in [-0.05, 0) is 54.1 Å². The number of sulfonamides is 1. The fraction of sp³-hybridized carbons (Fsp3) is 0.0952. The maximum Gasteiger partial charge on any atom is 0.295 e. The number of hydrogen-bond acceptors (Lipinski definition) is 8. The number of methoxy groups -OCH3 is 2. The first-order valence-corrected chi connectivity index (χ1v) is 11.2. The number of nitro benzene ring substituents is 1. The third-order valence-corrected chi connectivity index (χ3v) is 5.97. The molecule has 0 radical (unpaired) electrons. The van der Waals surface area contributed by atoms with Gasteiger partial charge in [-0.3, -0.25) is 20.3 Å². The van der Waals surface area contributed by atoms with E-state index in [1.54, 1.807) is 30.3 Å². The highest BCUT2D eigenvalue weighted by Crippen LogP contribution is 2.29. The van der Waals surface area contributed by atoms with Crippen LogP contribution >= 0.6 is 11.6 Å². The second kappa shape index (κ2) is 10.2. The maximum atomic E-state index is 12.7. The Bertz CT molecular complexity index is 1310. The number of hydrazone groups is 1. The molecule has 3 rings (SSSR count). The first-order valence-electron chi connectivity index (χ1n) is 9.31. The first kappa shape index (κ1) is 23.8. The summed E-state index contributed by atoms with van der Waals surface area (Å²) in [4.78, 5) is 10.6. The zero-order valence-corrected chi connectivity index (χ0v) is 19.1. The van der Waals surface area contributed by atoms with Gasteiger partial charge in [-0.2, -0.15) is 5.10 Å². The van der Waals surface area contributed by atoms with E-state index in [0.717, 1.165) is 6.07 Å². The largest absolute Gasteiger partial charge is 0.493 e. The molecule has 0 saturated heterocycles. The van der Waals surface area contributed by atoms with Gasteiger partial charge in [0, 0.05) is 11.1 Å². The molecule has 0 aliphatic carbocycles. The van der Waals surface area contributed by atoms with Crippen LogP contribution in [0.3, 0.4) is 0 Å². The molecule has 3 aromatic rings. The van der Waals surface area contributed by atoms with E-state index in [1.165, 1.54) is 44.7 Å². The van der Waals surface area contributed by atoms with Crippen molar-refractivity contribution in [1.82, 2.24) is 0 Å². The molecule has 0 amide bonds. The summed E-state index contributed by atoms with van der Waals surface area (Å²) in [7, 11) is -1.07. The third-order valence-electron chi connectivity index (χ3n) is 4.36. The van der Waals surface area contributed by atoms with Gasteiger partial charge in [0.2, 0.25) is 0 Å². The van der Waals surface area contributed by atoms with E-state index in [1.807, 2.05) is 0 Å². The molecule has 0 aromatic heterocycles. The lowest BCUT2D eigenvalue weighted by molar-refractivity contribution is -0.384. The Kier molecular flexibility index (Phi) is 7.36. The van der Waals surface area contributed by atoms with Crippen molar-refractivity contribution in [3.8, 4) is 11.5 Å². The lowest BCUT2D eigenvalue weighted by atomic mass is 10.2. The van der Waals surface area contributed by atoms with Gasteiger partial charge in [0.15, 0.2) is 11.5 Å². The number of hydrogen-bond donors (Lipinski definition) is 2. The van der Waals surface area contributed by atoms with E-state index >= 15 is 0 Å². The topological polar surface area (TPSA) is 132 Å². The van der Waals surface area contributed by atoms with Crippen LogP contribution in [0, 0.1) is 10.1 Å². The Labute approximate surface area is 195 Å². The maximum absolute atomic E-state index is 12.7. The predicted molar refractivity (Wildman–Crippen MR) is 126 cm³/mol. The van der Waals surface area contributed by atoms with Crippen LogP contribution in [0.5, 0.6) is 11.5 Å². The quantitative estimate of drug-likeness (QED) is 0.256. The molecule has 172 valence electrons. The standard InChI is InChI=1S/C21H19ClN4O6S/c1-31-20-9-6-14(10-21(20)32-2)13-23-24-18-8-7-17(12-19(18)26(27)28)33(29,30)25-16-5-3-4-15(22)11-16/h3-13,24-25H,1-2H3/b23-13+. The van der Waals surface area contributed by atoms with E-state index in [-0.39, 0.29) is 16.3 Å². The summed E-state index contributed by atoms with van der Waals surface area (Å²) < 4.78 is 38.1. The van der Waals surface area contributed by atoms with Crippen LogP contribution in [0.2, 0.25) is 5.02 Å². The molecule has 2 N–H and O–H groups in total. The zero-order chi connectivity index (χ0) is 24.0. The van der Waals surface area contributed by atoms with Gasteiger partial charge in [0.05, 0.1) is 35.9 Å². The molecule has 0 aliphatic heterocycles. The fourth-order valence-electron chi connectivity index (χ4n) is 2.80. The van der Waals surface area contributed by atoms with Gasteiger partial charge in [-0.15, -0.1) is 0 Å². The minimum atomic E-state index is -4.09. The minimum Gasteiger partial charge on any atom is -0.493 e. The second-order valence-electron chi connectivity index (χ2n) is 6.54. The minimum absolute atomic E-state index is 0.0124. The number of nitro groups is 1. The normalized spacial score (nSPS) is 11.2. The number of nitrogens with one attached hydrogen (secondary N) is 2. The van der Waals surface area contributed by atoms with Crippen LogP contribution in [0.1, 0.15) is 5.56 Å². The Morgan fingerprint density at radius 3 is 2.45 bits per heavy atom. The molecule has 3 aromatic carbocycles. The number of rotatable bonds is 9. The molecule has 12 heteroatoms. The third kappa shape index (κ3) is 5.90. The highest BCUT2D eigenvalue weighted by molar-refractivity contribution is 7.92. The molecule has 33 heavy (non-hydrogen) atoms. The Morgan fingerprint density at radius 2 is 1.79 bits per heavy atom. The lowest BCUT2D eigenvalue weighted by Gasteiger charge is -2.10. The highest BCUT2D eigenvalue weighted by Gasteiger charge is 2.21. The number of anilines is 2. The van der Waals surface area contributed by atoms with Crippen molar-refractivity contribution in [2.45, 2.75) is 4.90 Å². The molecular formula is C21H19ClN4O6S. The van der Waals surface area contributed by atoms with Crippen molar-refractivity contribution in [1.29, 1.82) is 0 Å². The summed E-state index contributed by atoms with van der Waals surface area (Å²) in [5.41, 5.74) is 2.99. The van der Waals surface area contributed by atoms with Gasteiger partial charge in [0.1, 0.15) is 5.69 Å². The molecule has 0 heterocycles. The Balaban J connectivity index is 1.83. The summed E-state index contributed by atoms with van der Waals surface area (Å²) in [5, 5.41) is 15.9. The molecule has 10 nitrogen and oxygen atoms in total. The van der Waals surface area contributed by atoms with Crippen LogP contribution in [0.15, 0.2) is 70.7 Å². The molecule has 0 saturated carbocycles. The Morgan fingerprint density at radius 1 is 1.03 bits per heavy atom. The van der Waals surface area contributed by atoms with Crippen LogP contribution in [-0.2, 0) is 10.0 Å². The van der Waals surface area contributed by atoms with Crippen LogP contribution in [-0.4, -0.2) is 33.8 Å². The lowest BCUT2D eigenvalue weighted by Crippen LogP contribution is -2.13. The molecule has 0 bridgehead atoms. The number of benzene rings is 3. The average molecular weight is 491 g/mol. The van der Waals surface area contributed by atoms with E-state index in [9.17, 15) is 18.5 Å². The average Bonchev–Trinajstić information content (AvgIpc) is 2.78. The van der Waals surface area contributed by atoms with Crippen molar-refractivity contribution in [2.24, 2.45) is 5.10 Å². The summed E-state index contributed by atoms with van der Waals surface area (Å²) in [5.74, 6) is 1.04. The highest BCUT2D eigenvalue weighted by atomic mass is 35.5. The van der Waals surface area contributed by atoms with Crippen molar-refractivity contribution in [2.75, 3.05) is 24.4 Å². The number of halogens is 1. The van der Waals surface area contributed by atoms with Crippen LogP contribution < -0.4 is 19.6 Å². The monoisotopic (exact) mass is 490 g/mol. The van der Waals surface area contributed by atoms with Gasteiger partial charge >= 0.3 is 0 Å². The smallest absolute Gasteiger partial charge is 0.295 e. The Hall–Kier alpha value is -3.83. The second-order valence-corrected chi connectivity index (χ2v) is 8.66.